The number of carbonyl (C=O) groups excluding carboxylic acids is 7. The number of aldehydes is 1. The van der Waals surface area contributed by atoms with Crippen LogP contribution in [0.4, 0.5) is 10.5 Å². The average molecular weight is 836 g/mol. The molecule has 2 aromatic carbocycles. The van der Waals surface area contributed by atoms with Gasteiger partial charge in [-0.1, -0.05) is 48.4 Å². The van der Waals surface area contributed by atoms with E-state index in [1.807, 2.05) is 32.0 Å². The minimum Gasteiger partial charge on any atom is -0.391 e. The number of ether oxygens (including phenoxy) is 1. The van der Waals surface area contributed by atoms with E-state index in [2.05, 4.69) is 21.3 Å². The van der Waals surface area contributed by atoms with Crippen molar-refractivity contribution in [3.8, 4) is 0 Å². The highest BCUT2D eigenvalue weighted by molar-refractivity contribution is 6.30. The van der Waals surface area contributed by atoms with Crippen LogP contribution in [0.1, 0.15) is 64.0 Å². The molecule has 59 heavy (non-hydrogen) atoms. The fraction of sp³-hybridized carbons (Fsp3) is 0.548. The Kier molecular flexibility index (Phi) is 13.6. The lowest BCUT2D eigenvalue weighted by Crippen LogP contribution is -2.64. The van der Waals surface area contributed by atoms with Crippen LogP contribution in [0, 0.1) is 12.8 Å². The number of carbonyl (C=O) groups is 7. The topological polar surface area (TPSA) is 207 Å². The van der Waals surface area contributed by atoms with Crippen molar-refractivity contribution in [3.63, 3.8) is 0 Å². The fourth-order valence-electron chi connectivity index (χ4n) is 8.75. The van der Waals surface area contributed by atoms with Crippen molar-refractivity contribution in [2.75, 3.05) is 31.6 Å². The Labute approximate surface area is 348 Å². The summed E-state index contributed by atoms with van der Waals surface area (Å²) >= 11 is 6.02. The molecular weight excluding hydrogens is 782 g/mol. The highest BCUT2D eigenvalue weighted by Crippen LogP contribution is 2.34. The van der Waals surface area contributed by atoms with E-state index in [0.717, 1.165) is 11.1 Å². The highest BCUT2D eigenvalue weighted by Gasteiger charge is 2.51. The molecule has 4 aliphatic heterocycles. The zero-order valence-corrected chi connectivity index (χ0v) is 34.6. The lowest BCUT2D eigenvalue weighted by atomic mass is 9.94. The molecule has 9 atom stereocenters. The number of aryl methyl sites for hydroxylation is 1. The molecule has 318 valence electrons. The van der Waals surface area contributed by atoms with Gasteiger partial charge in [0, 0.05) is 43.2 Å². The molecule has 1 unspecified atom stereocenters. The first-order valence-corrected chi connectivity index (χ1v) is 20.6. The van der Waals surface area contributed by atoms with Gasteiger partial charge in [-0.15, -0.1) is 0 Å². The summed E-state index contributed by atoms with van der Waals surface area (Å²) in [6.07, 6.45) is 0.162. The van der Waals surface area contributed by atoms with Crippen LogP contribution in [-0.2, 0) is 39.9 Å². The van der Waals surface area contributed by atoms with Crippen LogP contribution >= 0.6 is 11.6 Å². The molecular formula is C42H54ClN7O9. The van der Waals surface area contributed by atoms with Gasteiger partial charge < -0.3 is 50.6 Å². The van der Waals surface area contributed by atoms with Crippen molar-refractivity contribution < 1.29 is 43.4 Å². The number of hydrogen-bond acceptors (Lipinski definition) is 9. The number of nitrogens with zero attached hydrogens (tertiary/aromatic N) is 3. The van der Waals surface area contributed by atoms with Gasteiger partial charge in [0.05, 0.1) is 18.8 Å². The van der Waals surface area contributed by atoms with E-state index < -0.39 is 83.5 Å². The molecule has 4 heterocycles. The summed E-state index contributed by atoms with van der Waals surface area (Å²) in [5, 5.41) is 22.4. The van der Waals surface area contributed by atoms with Crippen molar-refractivity contribution >= 4 is 59.1 Å². The normalized spacial score (nSPS) is 29.8. The molecule has 2 aromatic rings. The predicted octanol–water partition coefficient (Wildman–Crippen LogP) is 1.94. The number of halogens is 1. The maximum Gasteiger partial charge on any atom is 0.319 e. The van der Waals surface area contributed by atoms with Crippen molar-refractivity contribution in [1.82, 2.24) is 30.7 Å². The number of aliphatic hydroxyl groups is 1. The predicted molar refractivity (Wildman–Crippen MR) is 217 cm³/mol. The lowest BCUT2D eigenvalue weighted by molar-refractivity contribution is -0.155. The Morgan fingerprint density at radius 1 is 1.00 bits per heavy atom. The van der Waals surface area contributed by atoms with Gasteiger partial charge in [-0.05, 0) is 82.2 Å². The van der Waals surface area contributed by atoms with Crippen LogP contribution in [0.3, 0.4) is 0 Å². The van der Waals surface area contributed by atoms with Crippen LogP contribution in [0.25, 0.3) is 0 Å². The summed E-state index contributed by atoms with van der Waals surface area (Å²) < 4.78 is 6.32. The molecule has 0 aliphatic carbocycles. The number of anilines is 1. The van der Waals surface area contributed by atoms with Crippen LogP contribution in [0.15, 0.2) is 48.5 Å². The molecule has 0 bridgehead atoms. The van der Waals surface area contributed by atoms with Gasteiger partial charge in [0.25, 0.3) is 0 Å². The number of urea groups is 1. The third kappa shape index (κ3) is 9.88. The quantitative estimate of drug-likeness (QED) is 0.258. The summed E-state index contributed by atoms with van der Waals surface area (Å²) in [7, 11) is 0. The van der Waals surface area contributed by atoms with Gasteiger partial charge in [0.2, 0.25) is 29.5 Å². The third-order valence-electron chi connectivity index (χ3n) is 11.8. The molecule has 5 N–H and O–H groups in total. The van der Waals surface area contributed by atoms with E-state index in [9.17, 15) is 38.7 Å². The number of nitrogens with one attached hydrogen (secondary N) is 4. The fourth-order valence-corrected chi connectivity index (χ4v) is 8.87. The Morgan fingerprint density at radius 3 is 2.46 bits per heavy atom. The Morgan fingerprint density at radius 2 is 1.75 bits per heavy atom. The molecule has 0 radical (unpaired) electrons. The zero-order valence-electron chi connectivity index (χ0n) is 33.8. The van der Waals surface area contributed by atoms with Gasteiger partial charge in [-0.3, -0.25) is 24.0 Å². The summed E-state index contributed by atoms with van der Waals surface area (Å²) in [6.45, 7) is 6.71. The third-order valence-corrected chi connectivity index (χ3v) is 12.0. The van der Waals surface area contributed by atoms with Crippen molar-refractivity contribution in [2.45, 2.75) is 114 Å². The molecule has 17 heteroatoms. The van der Waals surface area contributed by atoms with Gasteiger partial charge in [0.15, 0.2) is 0 Å². The second kappa shape index (κ2) is 18.5. The minimum absolute atomic E-state index is 0.0288. The summed E-state index contributed by atoms with van der Waals surface area (Å²) in [5.74, 6) is -3.18. The SMILES string of the molecule is Cc1cccc(C[C@H](NC(=O)Nc2ccc(Cl)cc2)C(=O)N[C@@H]2C(=O)N3C[C@H](O)C[C@H]3C(=O)N3CCCC[C@H]3C(=O)N[C@@H](C)C(=O)N3C[C@H](C)CC3(C=O)CO[C@H]2C)c1. The smallest absolute Gasteiger partial charge is 0.319 e. The summed E-state index contributed by atoms with van der Waals surface area (Å²) in [6, 6.07) is 7.20. The Bertz CT molecular complexity index is 1930. The average Bonchev–Trinajstić information content (AvgIpc) is 3.77. The van der Waals surface area contributed by atoms with Crippen molar-refractivity contribution in [1.29, 1.82) is 0 Å². The Balaban J connectivity index is 1.36. The first-order chi connectivity index (χ1) is 28.1. The van der Waals surface area contributed by atoms with Crippen LogP contribution in [0.5, 0.6) is 0 Å². The number of aliphatic hydroxyl groups excluding tert-OH is 1. The van der Waals surface area contributed by atoms with Crippen LogP contribution in [-0.4, -0.2) is 136 Å². The number of benzene rings is 2. The summed E-state index contributed by atoms with van der Waals surface area (Å²) in [5.41, 5.74) is 0.611. The standard InChI is InChI=1S/C42H54ClN7O9/c1-24-8-7-9-28(16-24)17-32(46-41(58)45-30-13-11-29(43)12-14-30)36(53)47-35-27(4)59-23-42(22-51)19-25(2)20-50(42)38(55)26(3)44-37(54)33-10-5-6-15-48(33)39(56)34-18-31(52)21-49(34)40(35)57/h7-9,11-14,16,22,25-27,31-35,52H,5-6,10,15,17-21,23H2,1-4H3,(H,44,54)(H,47,53)(H2,45,46,58)/t25-,26+,27+,31-,32+,33+,34+,35+,42?/m1/s1. The molecule has 7 amide bonds. The van der Waals surface area contributed by atoms with E-state index >= 15 is 0 Å². The molecule has 0 saturated carbocycles. The van der Waals surface area contributed by atoms with Crippen LogP contribution < -0.4 is 21.3 Å². The monoisotopic (exact) mass is 835 g/mol. The first-order valence-electron chi connectivity index (χ1n) is 20.3. The van der Waals surface area contributed by atoms with Crippen molar-refractivity contribution in [2.24, 2.45) is 5.92 Å². The molecule has 4 fully saturated rings. The number of amides is 7. The van der Waals surface area contributed by atoms with E-state index in [1.54, 1.807) is 30.3 Å². The first kappa shape index (κ1) is 43.5. The maximum absolute atomic E-state index is 14.8. The van der Waals surface area contributed by atoms with Gasteiger partial charge in [0.1, 0.15) is 42.0 Å². The Hall–Kier alpha value is -5.06. The second-order valence-electron chi connectivity index (χ2n) is 16.5. The van der Waals surface area contributed by atoms with Crippen LogP contribution in [0.2, 0.25) is 5.02 Å². The molecule has 4 saturated heterocycles. The molecule has 0 spiro atoms. The second-order valence-corrected chi connectivity index (χ2v) is 16.9. The highest BCUT2D eigenvalue weighted by atomic mass is 35.5. The summed E-state index contributed by atoms with van der Waals surface area (Å²) in [4.78, 5) is 102. The number of fused-ring (bicyclic) bond motifs is 3. The lowest BCUT2D eigenvalue weighted by Gasteiger charge is -2.41. The zero-order chi connectivity index (χ0) is 42.6. The van der Waals surface area contributed by atoms with Gasteiger partial charge >= 0.3 is 6.03 Å². The minimum atomic E-state index is -1.50. The van der Waals surface area contributed by atoms with E-state index in [1.165, 1.54) is 28.5 Å². The van der Waals surface area contributed by atoms with Gasteiger partial charge in [-0.2, -0.15) is 0 Å². The van der Waals surface area contributed by atoms with Gasteiger partial charge in [-0.25, -0.2) is 4.79 Å². The molecule has 16 nitrogen and oxygen atoms in total. The molecule has 4 aliphatic rings. The maximum atomic E-state index is 14.8. The largest absolute Gasteiger partial charge is 0.391 e. The molecule has 0 aromatic heterocycles. The molecule has 6 rings (SSSR count). The van der Waals surface area contributed by atoms with E-state index in [-0.39, 0.29) is 51.4 Å². The van der Waals surface area contributed by atoms with Crippen molar-refractivity contribution in [3.05, 3.63) is 64.7 Å². The number of piperidine rings is 1. The number of hydrogen-bond donors (Lipinski definition) is 5. The van der Waals surface area contributed by atoms with E-state index in [0.29, 0.717) is 36.3 Å². The van der Waals surface area contributed by atoms with E-state index in [4.69, 9.17) is 16.3 Å². The number of rotatable bonds is 7.